The molecule has 8 heteroatoms. The number of benzene rings is 1. The van der Waals surface area contributed by atoms with Gasteiger partial charge in [-0.3, -0.25) is 4.72 Å². The fourth-order valence-corrected chi connectivity index (χ4v) is 2.31. The van der Waals surface area contributed by atoms with Crippen LogP contribution in [0, 0.1) is 5.92 Å². The van der Waals surface area contributed by atoms with E-state index >= 15 is 0 Å². The average molecular weight is 286 g/mol. The zero-order valence-corrected chi connectivity index (χ0v) is 11.6. The fraction of sp³-hybridized carbons (Fsp3) is 0.364. The highest BCUT2D eigenvalue weighted by Crippen LogP contribution is 2.10. The zero-order chi connectivity index (χ0) is 14.5. The molecule has 0 fully saturated rings. The standard InChI is InChI=1S/C11H18N4O3S/c1-8(2)7-13-19(17,18)15-10-5-3-9(4-6-10)11(12)14-16/h3-6,8,13,15-16H,7H2,1-2H3,(H2,12,14). The average Bonchev–Trinajstić information content (AvgIpc) is 2.36. The van der Waals surface area contributed by atoms with Crippen LogP contribution in [0.15, 0.2) is 29.4 Å². The van der Waals surface area contributed by atoms with Gasteiger partial charge in [-0.25, -0.2) is 0 Å². The van der Waals surface area contributed by atoms with E-state index in [0.29, 0.717) is 17.8 Å². The first-order valence-corrected chi connectivity index (χ1v) is 7.17. The summed E-state index contributed by atoms with van der Waals surface area (Å²) in [5.41, 5.74) is 6.30. The molecule has 7 nitrogen and oxygen atoms in total. The second kappa shape index (κ2) is 6.39. The Morgan fingerprint density at radius 1 is 1.37 bits per heavy atom. The molecule has 0 aliphatic rings. The third kappa shape index (κ3) is 5.14. The third-order valence-electron chi connectivity index (χ3n) is 2.22. The predicted molar refractivity (Wildman–Crippen MR) is 74.3 cm³/mol. The van der Waals surface area contributed by atoms with Crippen LogP contribution >= 0.6 is 0 Å². The maximum atomic E-state index is 11.7. The highest BCUT2D eigenvalue weighted by molar-refractivity contribution is 7.90. The van der Waals surface area contributed by atoms with Gasteiger partial charge in [0.25, 0.3) is 10.2 Å². The summed E-state index contributed by atoms with van der Waals surface area (Å²) in [5.74, 6) is 0.187. The number of hydrogen-bond acceptors (Lipinski definition) is 4. The van der Waals surface area contributed by atoms with E-state index in [9.17, 15) is 8.42 Å². The lowest BCUT2D eigenvalue weighted by molar-refractivity contribution is 0.318. The van der Waals surface area contributed by atoms with Crippen molar-refractivity contribution in [3.05, 3.63) is 29.8 Å². The van der Waals surface area contributed by atoms with Crippen LogP contribution in [0.5, 0.6) is 0 Å². The number of anilines is 1. The fourth-order valence-electron chi connectivity index (χ4n) is 1.23. The molecule has 0 unspecified atom stereocenters. The third-order valence-corrected chi connectivity index (χ3v) is 3.27. The van der Waals surface area contributed by atoms with Crippen molar-refractivity contribution in [2.75, 3.05) is 11.3 Å². The molecular formula is C11H18N4O3S. The Morgan fingerprint density at radius 3 is 2.42 bits per heavy atom. The second-order valence-electron chi connectivity index (χ2n) is 4.41. The van der Waals surface area contributed by atoms with Crippen LogP contribution < -0.4 is 15.2 Å². The van der Waals surface area contributed by atoms with Gasteiger partial charge in [-0.15, -0.1) is 0 Å². The zero-order valence-electron chi connectivity index (χ0n) is 10.8. The van der Waals surface area contributed by atoms with Gasteiger partial charge in [-0.05, 0) is 30.2 Å². The van der Waals surface area contributed by atoms with E-state index in [2.05, 4.69) is 14.6 Å². The molecular weight excluding hydrogens is 268 g/mol. The van der Waals surface area contributed by atoms with Gasteiger partial charge in [0, 0.05) is 17.8 Å². The summed E-state index contributed by atoms with van der Waals surface area (Å²) < 4.78 is 28.1. The topological polar surface area (TPSA) is 117 Å². The van der Waals surface area contributed by atoms with Crippen molar-refractivity contribution < 1.29 is 13.6 Å². The molecule has 0 saturated heterocycles. The Bertz CT molecular complexity index is 538. The Balaban J connectivity index is 2.72. The summed E-state index contributed by atoms with van der Waals surface area (Å²) in [4.78, 5) is 0. The first-order chi connectivity index (χ1) is 8.84. The monoisotopic (exact) mass is 286 g/mol. The van der Waals surface area contributed by atoms with Crippen molar-refractivity contribution in [1.29, 1.82) is 0 Å². The van der Waals surface area contributed by atoms with Gasteiger partial charge in [-0.2, -0.15) is 13.1 Å². The predicted octanol–water partition coefficient (Wildman–Crippen LogP) is 0.683. The van der Waals surface area contributed by atoms with Crippen molar-refractivity contribution in [2.45, 2.75) is 13.8 Å². The first-order valence-electron chi connectivity index (χ1n) is 5.69. The molecule has 0 spiro atoms. The summed E-state index contributed by atoms with van der Waals surface area (Å²) in [5, 5.41) is 11.4. The van der Waals surface area contributed by atoms with Crippen molar-refractivity contribution in [3.8, 4) is 0 Å². The first kappa shape index (κ1) is 15.3. The van der Waals surface area contributed by atoms with Crippen molar-refractivity contribution in [3.63, 3.8) is 0 Å². The molecule has 1 aromatic carbocycles. The molecule has 0 aromatic heterocycles. The normalized spacial score (nSPS) is 12.7. The summed E-state index contributed by atoms with van der Waals surface area (Å²) >= 11 is 0. The second-order valence-corrected chi connectivity index (χ2v) is 5.91. The summed E-state index contributed by atoms with van der Waals surface area (Å²) in [6.45, 7) is 4.18. The van der Waals surface area contributed by atoms with Crippen LogP contribution in [0.2, 0.25) is 0 Å². The molecule has 0 bridgehead atoms. The Morgan fingerprint density at radius 2 is 1.95 bits per heavy atom. The summed E-state index contributed by atoms with van der Waals surface area (Å²) in [7, 11) is -3.58. The molecule has 19 heavy (non-hydrogen) atoms. The molecule has 0 heterocycles. The van der Waals surface area contributed by atoms with E-state index in [0.717, 1.165) is 0 Å². The molecule has 106 valence electrons. The highest BCUT2D eigenvalue weighted by Gasteiger charge is 2.10. The lowest BCUT2D eigenvalue weighted by Gasteiger charge is -2.11. The van der Waals surface area contributed by atoms with Gasteiger partial charge < -0.3 is 10.9 Å². The molecule has 0 atom stereocenters. The molecule has 1 rings (SSSR count). The van der Waals surface area contributed by atoms with E-state index in [1.807, 2.05) is 13.8 Å². The van der Waals surface area contributed by atoms with Gasteiger partial charge in [0.2, 0.25) is 0 Å². The van der Waals surface area contributed by atoms with Crippen LogP contribution in [-0.4, -0.2) is 26.0 Å². The lowest BCUT2D eigenvalue weighted by atomic mass is 10.2. The molecule has 0 aliphatic carbocycles. The van der Waals surface area contributed by atoms with Crippen LogP contribution in [-0.2, 0) is 10.2 Å². The molecule has 1 aromatic rings. The largest absolute Gasteiger partial charge is 0.409 e. The lowest BCUT2D eigenvalue weighted by Crippen LogP contribution is -2.32. The van der Waals surface area contributed by atoms with Crippen LogP contribution in [0.1, 0.15) is 19.4 Å². The van der Waals surface area contributed by atoms with Gasteiger partial charge in [0.1, 0.15) is 0 Å². The van der Waals surface area contributed by atoms with Crippen LogP contribution in [0.25, 0.3) is 0 Å². The molecule has 0 radical (unpaired) electrons. The number of nitrogens with two attached hydrogens (primary N) is 1. The maximum Gasteiger partial charge on any atom is 0.299 e. The maximum absolute atomic E-state index is 11.7. The number of oxime groups is 1. The minimum absolute atomic E-state index is 0.0349. The number of amidine groups is 1. The quantitative estimate of drug-likeness (QED) is 0.266. The number of rotatable bonds is 6. The molecule has 5 N–H and O–H groups in total. The van der Waals surface area contributed by atoms with E-state index in [-0.39, 0.29) is 11.8 Å². The van der Waals surface area contributed by atoms with Gasteiger partial charge in [-0.1, -0.05) is 19.0 Å². The van der Waals surface area contributed by atoms with E-state index < -0.39 is 10.2 Å². The molecule has 0 saturated carbocycles. The van der Waals surface area contributed by atoms with Gasteiger partial charge in [0.05, 0.1) is 0 Å². The van der Waals surface area contributed by atoms with Crippen molar-refractivity contribution in [1.82, 2.24) is 4.72 Å². The van der Waals surface area contributed by atoms with Gasteiger partial charge in [0.15, 0.2) is 5.84 Å². The van der Waals surface area contributed by atoms with E-state index in [1.54, 1.807) is 12.1 Å². The van der Waals surface area contributed by atoms with Crippen molar-refractivity contribution >= 4 is 21.7 Å². The van der Waals surface area contributed by atoms with Crippen molar-refractivity contribution in [2.24, 2.45) is 16.8 Å². The highest BCUT2D eigenvalue weighted by atomic mass is 32.2. The minimum Gasteiger partial charge on any atom is -0.409 e. The van der Waals surface area contributed by atoms with E-state index in [4.69, 9.17) is 10.9 Å². The Labute approximate surface area is 112 Å². The minimum atomic E-state index is -3.58. The molecule has 0 aliphatic heterocycles. The Hall–Kier alpha value is -1.80. The summed E-state index contributed by atoms with van der Waals surface area (Å²) in [6, 6.07) is 6.16. The number of nitrogens with zero attached hydrogens (tertiary/aromatic N) is 1. The van der Waals surface area contributed by atoms with Crippen LogP contribution in [0.3, 0.4) is 0 Å². The van der Waals surface area contributed by atoms with E-state index in [1.165, 1.54) is 12.1 Å². The summed E-state index contributed by atoms with van der Waals surface area (Å²) in [6.07, 6.45) is 0. The smallest absolute Gasteiger partial charge is 0.299 e. The number of nitrogens with one attached hydrogen (secondary N) is 2. The SMILES string of the molecule is CC(C)CNS(=O)(=O)Nc1ccc(/C(N)=N/O)cc1. The molecule has 0 amide bonds. The van der Waals surface area contributed by atoms with Crippen LogP contribution in [0.4, 0.5) is 5.69 Å². The number of hydrogen-bond donors (Lipinski definition) is 4. The van der Waals surface area contributed by atoms with Gasteiger partial charge >= 0.3 is 0 Å². The Kier molecular flexibility index (Phi) is 5.13.